The van der Waals surface area contributed by atoms with Gasteiger partial charge in [-0.3, -0.25) is 9.59 Å². The molecule has 78 heavy (non-hydrogen) atoms. The summed E-state index contributed by atoms with van der Waals surface area (Å²) in [4.78, 5) is 24.7. The van der Waals surface area contributed by atoms with Gasteiger partial charge in [0.25, 0.3) is 0 Å². The molecule has 0 amide bonds. The molecule has 0 saturated carbocycles. The van der Waals surface area contributed by atoms with Gasteiger partial charge in [-0.15, -0.1) is 0 Å². The van der Waals surface area contributed by atoms with Gasteiger partial charge in [-0.05, 0) is 51.4 Å². The van der Waals surface area contributed by atoms with Crippen LogP contribution in [0.2, 0.25) is 0 Å². The van der Waals surface area contributed by atoms with Gasteiger partial charge in [-0.1, -0.05) is 371 Å². The minimum Gasteiger partial charge on any atom is -0.462 e. The molecule has 5 heteroatoms. The second-order valence-corrected chi connectivity index (χ2v) is 24.3. The van der Waals surface area contributed by atoms with Crippen LogP contribution in [0.1, 0.15) is 399 Å². The Balaban J connectivity index is 3.39. The predicted octanol–water partition coefficient (Wildman–Crippen LogP) is 24.5. The van der Waals surface area contributed by atoms with E-state index in [2.05, 4.69) is 50.3 Å². The molecule has 0 aromatic carbocycles. The predicted molar refractivity (Wildman–Crippen MR) is 344 cm³/mol. The molecule has 0 rings (SSSR count). The Morgan fingerprint density at radius 3 is 0.769 bits per heavy atom. The Morgan fingerprint density at radius 2 is 0.513 bits per heavy atom. The Bertz CT molecular complexity index is 1240. The van der Waals surface area contributed by atoms with Crippen molar-refractivity contribution < 1.29 is 24.2 Å². The first kappa shape index (κ1) is 76.1. The van der Waals surface area contributed by atoms with Crippen LogP contribution in [0.4, 0.5) is 0 Å². The zero-order chi connectivity index (χ0) is 56.2. The smallest absolute Gasteiger partial charge is 0.306 e. The van der Waals surface area contributed by atoms with Crippen LogP contribution in [0, 0.1) is 0 Å². The Kier molecular flexibility index (Phi) is 67.7. The van der Waals surface area contributed by atoms with Crippen LogP contribution in [-0.2, 0) is 19.1 Å². The van der Waals surface area contributed by atoms with Gasteiger partial charge in [0.1, 0.15) is 6.61 Å². The van der Waals surface area contributed by atoms with E-state index < -0.39 is 6.10 Å². The third-order valence-electron chi connectivity index (χ3n) is 16.4. The number of unbranched alkanes of at least 4 members (excludes halogenated alkanes) is 53. The van der Waals surface area contributed by atoms with Crippen molar-refractivity contribution in [3.63, 3.8) is 0 Å². The number of aliphatic hydroxyl groups excluding tert-OH is 1. The molecule has 0 aromatic heterocycles. The molecule has 1 N–H and O–H groups in total. The number of ether oxygens (including phenoxy) is 2. The van der Waals surface area contributed by atoms with Crippen molar-refractivity contribution in [1.29, 1.82) is 0 Å². The van der Waals surface area contributed by atoms with Gasteiger partial charge in [0.2, 0.25) is 0 Å². The number of rotatable bonds is 67. The van der Waals surface area contributed by atoms with Crippen LogP contribution >= 0.6 is 0 Å². The highest BCUT2D eigenvalue weighted by molar-refractivity contribution is 5.70. The zero-order valence-corrected chi connectivity index (χ0v) is 53.0. The minimum absolute atomic E-state index is 0.0596. The van der Waals surface area contributed by atoms with E-state index in [0.717, 1.165) is 44.9 Å². The van der Waals surface area contributed by atoms with Crippen molar-refractivity contribution in [3.05, 3.63) is 36.5 Å². The van der Waals surface area contributed by atoms with Crippen molar-refractivity contribution in [2.75, 3.05) is 13.2 Å². The molecular weight excluding hydrogens is 957 g/mol. The van der Waals surface area contributed by atoms with Crippen LogP contribution in [0.25, 0.3) is 0 Å². The SMILES string of the molecule is CCCCCCC/C=C\C/C=C\C/C=C\CCCCCCCCCCCCCCCCCCC(=O)OC(CO)COC(=O)CCCCCCCCCCCCCCCCCCCCCCCCCCCCCCCCCCC. The van der Waals surface area contributed by atoms with Gasteiger partial charge in [-0.25, -0.2) is 0 Å². The van der Waals surface area contributed by atoms with E-state index in [-0.39, 0.29) is 25.2 Å². The fourth-order valence-electron chi connectivity index (χ4n) is 11.1. The van der Waals surface area contributed by atoms with Crippen LogP contribution in [0.5, 0.6) is 0 Å². The van der Waals surface area contributed by atoms with E-state index in [9.17, 15) is 14.7 Å². The summed E-state index contributed by atoms with van der Waals surface area (Å²) < 4.78 is 10.8. The summed E-state index contributed by atoms with van der Waals surface area (Å²) in [5.41, 5.74) is 0. The lowest BCUT2D eigenvalue weighted by Gasteiger charge is -2.15. The Morgan fingerprint density at radius 1 is 0.295 bits per heavy atom. The van der Waals surface area contributed by atoms with Crippen LogP contribution in [0.15, 0.2) is 36.5 Å². The molecule has 1 unspecified atom stereocenters. The maximum Gasteiger partial charge on any atom is 0.306 e. The van der Waals surface area contributed by atoms with Gasteiger partial charge in [-0.2, -0.15) is 0 Å². The standard InChI is InChI=1S/C73H138O5/c1-3-5-7-9-11-13-15-17-19-21-23-25-27-29-31-33-35-36-38-39-41-43-45-47-49-51-53-55-57-59-61-63-65-67-72(75)77-70-71(69-74)78-73(76)68-66-64-62-60-58-56-54-52-50-48-46-44-42-40-37-34-32-30-28-26-24-22-20-18-16-14-12-10-8-6-4-2/h16,18,22,24,28,30,71,74H,3-15,17,19-21,23,25-27,29,31-70H2,1-2H3/b18-16-,24-22-,30-28-. The summed E-state index contributed by atoms with van der Waals surface area (Å²) in [5.74, 6) is -0.566. The van der Waals surface area contributed by atoms with Crippen LogP contribution in [0.3, 0.4) is 0 Å². The number of carbonyl (C=O) groups is 2. The zero-order valence-electron chi connectivity index (χ0n) is 53.0. The van der Waals surface area contributed by atoms with Gasteiger partial charge in [0.05, 0.1) is 6.61 Å². The van der Waals surface area contributed by atoms with E-state index in [1.807, 2.05) is 0 Å². The molecule has 5 nitrogen and oxygen atoms in total. The molecule has 1 atom stereocenters. The summed E-state index contributed by atoms with van der Waals surface area (Å²) in [5, 5.41) is 9.70. The topological polar surface area (TPSA) is 72.8 Å². The van der Waals surface area contributed by atoms with E-state index in [1.54, 1.807) is 0 Å². The van der Waals surface area contributed by atoms with E-state index in [0.29, 0.717) is 12.8 Å². The van der Waals surface area contributed by atoms with Crippen LogP contribution < -0.4 is 0 Å². The van der Waals surface area contributed by atoms with E-state index >= 15 is 0 Å². The second-order valence-electron chi connectivity index (χ2n) is 24.3. The number of carbonyl (C=O) groups excluding carboxylic acids is 2. The van der Waals surface area contributed by atoms with Crippen molar-refractivity contribution in [3.8, 4) is 0 Å². The number of allylic oxidation sites excluding steroid dienone is 6. The molecule has 0 aliphatic carbocycles. The quantitative estimate of drug-likeness (QED) is 0.0373. The third-order valence-corrected chi connectivity index (χ3v) is 16.4. The largest absolute Gasteiger partial charge is 0.462 e. The van der Waals surface area contributed by atoms with Gasteiger partial charge >= 0.3 is 11.9 Å². The lowest BCUT2D eigenvalue weighted by atomic mass is 10.0. The molecule has 0 aliphatic heterocycles. The minimum atomic E-state index is -0.771. The lowest BCUT2D eigenvalue weighted by Crippen LogP contribution is -2.28. The van der Waals surface area contributed by atoms with Crippen LogP contribution in [-0.4, -0.2) is 36.4 Å². The fraction of sp³-hybridized carbons (Fsp3) is 0.890. The monoisotopic (exact) mass is 1100 g/mol. The van der Waals surface area contributed by atoms with E-state index in [4.69, 9.17) is 9.47 Å². The maximum atomic E-state index is 12.4. The van der Waals surface area contributed by atoms with Crippen molar-refractivity contribution in [2.45, 2.75) is 405 Å². The first-order chi connectivity index (χ1) is 38.6. The lowest BCUT2D eigenvalue weighted by molar-refractivity contribution is -0.161. The van der Waals surface area contributed by atoms with Gasteiger partial charge in [0.15, 0.2) is 6.10 Å². The average Bonchev–Trinajstić information content (AvgIpc) is 3.44. The fourth-order valence-corrected chi connectivity index (χ4v) is 11.1. The molecule has 0 fully saturated rings. The van der Waals surface area contributed by atoms with Crippen molar-refractivity contribution in [1.82, 2.24) is 0 Å². The average molecular weight is 1100 g/mol. The first-order valence-corrected chi connectivity index (χ1v) is 35.5. The highest BCUT2D eigenvalue weighted by atomic mass is 16.6. The number of aliphatic hydroxyl groups is 1. The maximum absolute atomic E-state index is 12.4. The summed E-state index contributed by atoms with van der Waals surface area (Å²) in [6, 6.07) is 0. The van der Waals surface area contributed by atoms with Crippen molar-refractivity contribution >= 4 is 11.9 Å². The summed E-state index contributed by atoms with van der Waals surface area (Å²) in [6.45, 7) is 4.20. The molecule has 460 valence electrons. The summed E-state index contributed by atoms with van der Waals surface area (Å²) >= 11 is 0. The number of esters is 2. The van der Waals surface area contributed by atoms with Gasteiger partial charge in [0, 0.05) is 12.8 Å². The Hall–Kier alpha value is -1.88. The Labute approximate surface area is 488 Å². The summed E-state index contributed by atoms with van der Waals surface area (Å²) in [7, 11) is 0. The molecule has 0 saturated heterocycles. The second kappa shape index (κ2) is 69.4. The molecule has 0 aliphatic rings. The van der Waals surface area contributed by atoms with Crippen molar-refractivity contribution in [2.24, 2.45) is 0 Å². The number of hydrogen-bond acceptors (Lipinski definition) is 5. The molecule has 0 radical (unpaired) electrons. The third kappa shape index (κ3) is 66.6. The summed E-state index contributed by atoms with van der Waals surface area (Å²) in [6.07, 6.45) is 91.9. The molecule has 0 aromatic rings. The van der Waals surface area contributed by atoms with Gasteiger partial charge < -0.3 is 14.6 Å². The molecular formula is C73H138O5. The molecule has 0 spiro atoms. The van der Waals surface area contributed by atoms with E-state index in [1.165, 1.54) is 327 Å². The normalized spacial score (nSPS) is 12.3. The highest BCUT2D eigenvalue weighted by Gasteiger charge is 2.16. The highest BCUT2D eigenvalue weighted by Crippen LogP contribution is 2.19. The molecule has 0 bridgehead atoms. The molecule has 0 heterocycles. The first-order valence-electron chi connectivity index (χ1n) is 35.5. The number of hydrogen-bond donors (Lipinski definition) is 1.